The molecular formula is C10H15NO3. The molecule has 1 rings (SSSR count). The lowest BCUT2D eigenvalue weighted by Crippen LogP contribution is -2.43. The summed E-state index contributed by atoms with van der Waals surface area (Å²) in [5, 5.41) is 10.9. The number of carbonyl (C=O) groups is 1. The highest BCUT2D eigenvalue weighted by Crippen LogP contribution is 2.38. The molecule has 0 aliphatic heterocycles. The van der Waals surface area contributed by atoms with Crippen molar-refractivity contribution in [1.29, 1.82) is 0 Å². The van der Waals surface area contributed by atoms with Gasteiger partial charge in [-0.1, -0.05) is 13.8 Å². The summed E-state index contributed by atoms with van der Waals surface area (Å²) in [5.41, 5.74) is 0.603. The van der Waals surface area contributed by atoms with Crippen molar-refractivity contribution < 1.29 is 9.72 Å². The first-order valence-electron chi connectivity index (χ1n) is 4.61. The van der Waals surface area contributed by atoms with E-state index in [2.05, 4.69) is 0 Å². The second kappa shape index (κ2) is 3.19. The number of Topliss-reactive ketones (excluding diaryl/α,β-unsaturated/α-hetero) is 1. The highest BCUT2D eigenvalue weighted by molar-refractivity contribution is 5.97. The van der Waals surface area contributed by atoms with Crippen molar-refractivity contribution >= 4 is 5.78 Å². The summed E-state index contributed by atoms with van der Waals surface area (Å²) in [6.45, 7) is 6.90. The number of nitrogens with zero attached hydrogens (tertiary/aromatic N) is 1. The Labute approximate surface area is 83.1 Å². The zero-order chi connectivity index (χ0) is 11.1. The molecule has 0 spiro atoms. The van der Waals surface area contributed by atoms with Gasteiger partial charge >= 0.3 is 0 Å². The minimum Gasteiger partial charge on any atom is -0.295 e. The van der Waals surface area contributed by atoms with Crippen LogP contribution in [0.5, 0.6) is 0 Å². The summed E-state index contributed by atoms with van der Waals surface area (Å²) in [6, 6.07) is -0.722. The molecule has 1 aliphatic carbocycles. The lowest BCUT2D eigenvalue weighted by Gasteiger charge is -2.32. The van der Waals surface area contributed by atoms with Crippen LogP contribution in [0.3, 0.4) is 0 Å². The average molecular weight is 197 g/mol. The monoisotopic (exact) mass is 197 g/mol. The number of hydrogen-bond donors (Lipinski definition) is 0. The van der Waals surface area contributed by atoms with Crippen molar-refractivity contribution in [2.24, 2.45) is 5.41 Å². The topological polar surface area (TPSA) is 60.2 Å². The maximum absolute atomic E-state index is 11.5. The Kier molecular flexibility index (Phi) is 2.48. The van der Waals surface area contributed by atoms with E-state index in [1.54, 1.807) is 27.7 Å². The molecule has 78 valence electrons. The minimum absolute atomic E-state index is 0.0330. The van der Waals surface area contributed by atoms with Gasteiger partial charge in [0.1, 0.15) is 0 Å². The Bertz CT molecular complexity index is 328. The van der Waals surface area contributed by atoms with Gasteiger partial charge < -0.3 is 0 Å². The molecule has 14 heavy (non-hydrogen) atoms. The number of ketones is 1. The first kappa shape index (κ1) is 10.9. The van der Waals surface area contributed by atoms with Crippen LogP contribution in [0.15, 0.2) is 11.1 Å². The molecule has 1 unspecified atom stereocenters. The largest absolute Gasteiger partial charge is 0.295 e. The van der Waals surface area contributed by atoms with Gasteiger partial charge in [0.15, 0.2) is 5.78 Å². The smallest absolute Gasteiger partial charge is 0.239 e. The Morgan fingerprint density at radius 1 is 1.43 bits per heavy atom. The molecule has 0 aromatic carbocycles. The van der Waals surface area contributed by atoms with E-state index >= 15 is 0 Å². The summed E-state index contributed by atoms with van der Waals surface area (Å²) >= 11 is 0. The quantitative estimate of drug-likeness (QED) is 0.477. The summed E-state index contributed by atoms with van der Waals surface area (Å²) < 4.78 is 0. The molecule has 0 radical (unpaired) electrons. The molecule has 0 N–H and O–H groups in total. The maximum atomic E-state index is 11.5. The van der Waals surface area contributed by atoms with Gasteiger partial charge in [-0.15, -0.1) is 0 Å². The Balaban J connectivity index is 3.25. The molecular weight excluding hydrogens is 182 g/mol. The minimum atomic E-state index is -0.722. The fraction of sp³-hybridized carbons (Fsp3) is 0.700. The summed E-state index contributed by atoms with van der Waals surface area (Å²) in [6.07, 6.45) is 0.266. The van der Waals surface area contributed by atoms with Gasteiger partial charge in [0, 0.05) is 22.3 Å². The molecule has 0 fully saturated rings. The standard InChI is InChI=1S/C10H15NO3/c1-6-7(2)9(11(13)14)10(3,4)5-8(6)12/h9H,5H2,1-4H3. The van der Waals surface area contributed by atoms with E-state index in [0.717, 1.165) is 0 Å². The highest BCUT2D eigenvalue weighted by atomic mass is 16.6. The third-order valence-corrected chi connectivity index (χ3v) is 2.99. The van der Waals surface area contributed by atoms with Crippen LogP contribution in [0.25, 0.3) is 0 Å². The molecule has 0 heterocycles. The lowest BCUT2D eigenvalue weighted by atomic mass is 9.70. The van der Waals surface area contributed by atoms with Gasteiger partial charge in [0.25, 0.3) is 0 Å². The number of rotatable bonds is 1. The van der Waals surface area contributed by atoms with E-state index in [0.29, 0.717) is 11.1 Å². The summed E-state index contributed by atoms with van der Waals surface area (Å²) in [5.74, 6) is 0.0330. The van der Waals surface area contributed by atoms with Crippen molar-refractivity contribution in [3.05, 3.63) is 21.3 Å². The number of nitro groups is 1. The molecule has 0 amide bonds. The molecule has 4 nitrogen and oxygen atoms in total. The molecule has 0 aromatic rings. The summed E-state index contributed by atoms with van der Waals surface area (Å²) in [7, 11) is 0. The van der Waals surface area contributed by atoms with Crippen LogP contribution in [0.2, 0.25) is 0 Å². The van der Waals surface area contributed by atoms with E-state index in [1.165, 1.54) is 0 Å². The normalized spacial score (nSPS) is 26.6. The van der Waals surface area contributed by atoms with Crippen molar-refractivity contribution in [1.82, 2.24) is 0 Å². The number of allylic oxidation sites excluding steroid dienone is 1. The molecule has 1 aliphatic rings. The number of hydrogen-bond acceptors (Lipinski definition) is 3. The van der Waals surface area contributed by atoms with Crippen molar-refractivity contribution in [2.75, 3.05) is 0 Å². The highest BCUT2D eigenvalue weighted by Gasteiger charge is 2.46. The predicted octanol–water partition coefficient (Wildman–Crippen LogP) is 1.97. The first-order chi connectivity index (χ1) is 6.27. The SMILES string of the molecule is CC1=C(C)C([N+](=O)[O-])C(C)(C)CC1=O. The van der Waals surface area contributed by atoms with Crippen molar-refractivity contribution in [2.45, 2.75) is 40.2 Å². The van der Waals surface area contributed by atoms with Gasteiger partial charge in [0.2, 0.25) is 6.04 Å². The molecule has 0 bridgehead atoms. The zero-order valence-corrected chi connectivity index (χ0v) is 8.96. The Hall–Kier alpha value is -1.19. The third-order valence-electron chi connectivity index (χ3n) is 2.99. The van der Waals surface area contributed by atoms with E-state index < -0.39 is 11.5 Å². The van der Waals surface area contributed by atoms with Crippen molar-refractivity contribution in [3.63, 3.8) is 0 Å². The second-order valence-electron chi connectivity index (χ2n) is 4.58. The molecule has 0 saturated carbocycles. The van der Waals surface area contributed by atoms with Gasteiger partial charge in [-0.2, -0.15) is 0 Å². The summed E-state index contributed by atoms with van der Waals surface area (Å²) in [4.78, 5) is 22.1. The number of carbonyl (C=O) groups excluding carboxylic acids is 1. The predicted molar refractivity (Wildman–Crippen MR) is 52.6 cm³/mol. The Morgan fingerprint density at radius 2 is 1.93 bits per heavy atom. The van der Waals surface area contributed by atoms with Crippen LogP contribution in [0, 0.1) is 15.5 Å². The van der Waals surface area contributed by atoms with Crippen LogP contribution in [-0.4, -0.2) is 16.7 Å². The fourth-order valence-electron chi connectivity index (χ4n) is 2.10. The van der Waals surface area contributed by atoms with Crippen LogP contribution in [0.4, 0.5) is 0 Å². The van der Waals surface area contributed by atoms with Gasteiger partial charge in [-0.05, 0) is 19.4 Å². The molecule has 0 aromatic heterocycles. The van der Waals surface area contributed by atoms with E-state index in [9.17, 15) is 14.9 Å². The second-order valence-corrected chi connectivity index (χ2v) is 4.58. The molecule has 4 heteroatoms. The van der Waals surface area contributed by atoms with Crippen LogP contribution in [0.1, 0.15) is 34.1 Å². The van der Waals surface area contributed by atoms with Crippen LogP contribution in [-0.2, 0) is 4.79 Å². The van der Waals surface area contributed by atoms with Gasteiger partial charge in [0.05, 0.1) is 0 Å². The third kappa shape index (κ3) is 1.56. The molecule has 0 saturated heterocycles. The maximum Gasteiger partial charge on any atom is 0.239 e. The first-order valence-corrected chi connectivity index (χ1v) is 4.61. The van der Waals surface area contributed by atoms with Crippen LogP contribution >= 0.6 is 0 Å². The van der Waals surface area contributed by atoms with Crippen LogP contribution < -0.4 is 0 Å². The van der Waals surface area contributed by atoms with Crippen molar-refractivity contribution in [3.8, 4) is 0 Å². The lowest BCUT2D eigenvalue weighted by molar-refractivity contribution is -0.530. The average Bonchev–Trinajstić information content (AvgIpc) is 1.98. The Morgan fingerprint density at radius 3 is 2.36 bits per heavy atom. The van der Waals surface area contributed by atoms with E-state index in [4.69, 9.17) is 0 Å². The van der Waals surface area contributed by atoms with Gasteiger partial charge in [-0.3, -0.25) is 14.9 Å². The van der Waals surface area contributed by atoms with Gasteiger partial charge in [-0.25, -0.2) is 0 Å². The van der Waals surface area contributed by atoms with E-state index in [-0.39, 0.29) is 17.1 Å². The molecule has 1 atom stereocenters. The zero-order valence-electron chi connectivity index (χ0n) is 8.96. The fourth-order valence-corrected chi connectivity index (χ4v) is 2.10. The van der Waals surface area contributed by atoms with E-state index in [1.807, 2.05) is 0 Å².